The molecule has 25 heavy (non-hydrogen) atoms. The molecule has 0 fully saturated rings. The van der Waals surface area contributed by atoms with Crippen molar-refractivity contribution in [1.29, 1.82) is 0 Å². The van der Waals surface area contributed by atoms with Crippen molar-refractivity contribution in [3.05, 3.63) is 70.8 Å². The number of benzene rings is 2. The first-order valence-electron chi connectivity index (χ1n) is 8.57. The van der Waals surface area contributed by atoms with E-state index in [1.807, 2.05) is 62.4 Å². The van der Waals surface area contributed by atoms with E-state index in [9.17, 15) is 9.59 Å². The lowest BCUT2D eigenvalue weighted by Gasteiger charge is -2.23. The zero-order valence-corrected chi connectivity index (χ0v) is 15.1. The number of carbonyl (C=O) groups excluding carboxylic acids is 2. The fourth-order valence-corrected chi connectivity index (χ4v) is 2.57. The summed E-state index contributed by atoms with van der Waals surface area (Å²) in [6.07, 6.45) is 0.192. The van der Waals surface area contributed by atoms with Crippen LogP contribution in [-0.2, 0) is 16.1 Å². The lowest BCUT2D eigenvalue weighted by atomic mass is 10.1. The van der Waals surface area contributed by atoms with Crippen LogP contribution in [-0.4, -0.2) is 29.9 Å². The molecular formula is C21H25NO3. The molecule has 4 heteroatoms. The zero-order chi connectivity index (χ0) is 18.2. The Kier molecular flexibility index (Phi) is 6.75. The highest BCUT2D eigenvalue weighted by Crippen LogP contribution is 2.15. The summed E-state index contributed by atoms with van der Waals surface area (Å²) in [6, 6.07) is 15.5. The van der Waals surface area contributed by atoms with Crippen molar-refractivity contribution in [3.63, 3.8) is 0 Å². The number of hydrogen-bond acceptors (Lipinski definition) is 3. The quantitative estimate of drug-likeness (QED) is 0.719. The summed E-state index contributed by atoms with van der Waals surface area (Å²) in [4.78, 5) is 26.4. The van der Waals surface area contributed by atoms with E-state index in [0.717, 1.165) is 16.7 Å². The Morgan fingerprint density at radius 1 is 1.00 bits per heavy atom. The maximum Gasteiger partial charge on any atom is 0.307 e. The largest absolute Gasteiger partial charge is 0.466 e. The molecule has 0 bridgehead atoms. The highest BCUT2D eigenvalue weighted by atomic mass is 16.5. The second-order valence-corrected chi connectivity index (χ2v) is 6.07. The molecule has 132 valence electrons. The molecule has 0 saturated carbocycles. The summed E-state index contributed by atoms with van der Waals surface area (Å²) in [5.41, 5.74) is 3.90. The minimum Gasteiger partial charge on any atom is -0.466 e. The van der Waals surface area contributed by atoms with Crippen molar-refractivity contribution < 1.29 is 14.3 Å². The van der Waals surface area contributed by atoms with Crippen molar-refractivity contribution in [3.8, 4) is 0 Å². The van der Waals surface area contributed by atoms with Crippen LogP contribution in [0.3, 0.4) is 0 Å². The zero-order valence-electron chi connectivity index (χ0n) is 15.1. The van der Waals surface area contributed by atoms with Gasteiger partial charge in [-0.05, 0) is 49.6 Å². The molecule has 0 heterocycles. The van der Waals surface area contributed by atoms with Gasteiger partial charge in [-0.2, -0.15) is 0 Å². The molecule has 2 aromatic carbocycles. The molecule has 4 nitrogen and oxygen atoms in total. The normalized spacial score (nSPS) is 10.4. The van der Waals surface area contributed by atoms with Crippen LogP contribution in [0.25, 0.3) is 0 Å². The average Bonchev–Trinajstić information content (AvgIpc) is 2.61. The highest BCUT2D eigenvalue weighted by molar-refractivity contribution is 5.94. The minimum atomic E-state index is -0.284. The van der Waals surface area contributed by atoms with E-state index in [1.165, 1.54) is 0 Å². The highest BCUT2D eigenvalue weighted by Gasteiger charge is 2.18. The fourth-order valence-electron chi connectivity index (χ4n) is 2.57. The number of esters is 1. The van der Waals surface area contributed by atoms with Gasteiger partial charge in [-0.3, -0.25) is 9.59 Å². The van der Waals surface area contributed by atoms with Gasteiger partial charge in [0.1, 0.15) is 0 Å². The summed E-state index contributed by atoms with van der Waals surface area (Å²) in [5.74, 6) is -0.357. The van der Waals surface area contributed by atoms with Gasteiger partial charge in [-0.1, -0.05) is 36.4 Å². The topological polar surface area (TPSA) is 46.6 Å². The molecule has 2 rings (SSSR count). The lowest BCUT2D eigenvalue weighted by molar-refractivity contribution is -0.143. The molecule has 0 aliphatic carbocycles. The third-order valence-electron chi connectivity index (χ3n) is 4.15. The molecule has 0 spiro atoms. The maximum atomic E-state index is 13.0. The number of carbonyl (C=O) groups is 2. The van der Waals surface area contributed by atoms with E-state index in [-0.39, 0.29) is 18.3 Å². The van der Waals surface area contributed by atoms with Crippen molar-refractivity contribution in [1.82, 2.24) is 4.90 Å². The molecule has 0 unspecified atom stereocenters. The van der Waals surface area contributed by atoms with Gasteiger partial charge in [0.15, 0.2) is 0 Å². The van der Waals surface area contributed by atoms with Gasteiger partial charge < -0.3 is 9.64 Å². The first-order valence-corrected chi connectivity index (χ1v) is 8.57. The van der Waals surface area contributed by atoms with E-state index in [2.05, 4.69) is 0 Å². The third kappa shape index (κ3) is 5.45. The van der Waals surface area contributed by atoms with Gasteiger partial charge in [-0.15, -0.1) is 0 Å². The number of amides is 1. The third-order valence-corrected chi connectivity index (χ3v) is 4.15. The lowest BCUT2D eigenvalue weighted by Crippen LogP contribution is -2.33. The summed E-state index contributed by atoms with van der Waals surface area (Å²) in [6.45, 7) is 6.94. The van der Waals surface area contributed by atoms with E-state index < -0.39 is 0 Å². The van der Waals surface area contributed by atoms with Crippen LogP contribution in [0.15, 0.2) is 48.5 Å². The van der Waals surface area contributed by atoms with E-state index in [4.69, 9.17) is 4.74 Å². The predicted octanol–water partition coefficient (Wildman–Crippen LogP) is 3.90. The predicted molar refractivity (Wildman–Crippen MR) is 98.3 cm³/mol. The Balaban J connectivity index is 2.18. The first-order chi connectivity index (χ1) is 12.0. The molecule has 0 N–H and O–H groups in total. The summed E-state index contributed by atoms with van der Waals surface area (Å²) in [5, 5.41) is 0. The Morgan fingerprint density at radius 3 is 2.36 bits per heavy atom. The molecule has 0 atom stereocenters. The van der Waals surface area contributed by atoms with Crippen LogP contribution >= 0.6 is 0 Å². The van der Waals surface area contributed by atoms with Crippen LogP contribution in [0.1, 0.15) is 40.4 Å². The molecule has 0 aliphatic heterocycles. The second-order valence-electron chi connectivity index (χ2n) is 6.07. The molecule has 0 aliphatic rings. The van der Waals surface area contributed by atoms with E-state index >= 15 is 0 Å². The van der Waals surface area contributed by atoms with E-state index in [1.54, 1.807) is 11.8 Å². The number of hydrogen-bond donors (Lipinski definition) is 0. The smallest absolute Gasteiger partial charge is 0.307 e. The van der Waals surface area contributed by atoms with Crippen molar-refractivity contribution in [2.45, 2.75) is 33.7 Å². The fraction of sp³-hybridized carbons (Fsp3) is 0.333. The molecule has 1 amide bonds. The van der Waals surface area contributed by atoms with Crippen LogP contribution < -0.4 is 0 Å². The summed E-state index contributed by atoms with van der Waals surface area (Å²) < 4.78 is 4.99. The Bertz CT molecular complexity index is 725. The number of ether oxygens (including phenoxy) is 1. The minimum absolute atomic E-state index is 0.0729. The molecule has 2 aromatic rings. The molecule has 0 saturated heterocycles. The summed E-state index contributed by atoms with van der Waals surface area (Å²) in [7, 11) is 0. The molecular weight excluding hydrogens is 314 g/mol. The second kappa shape index (κ2) is 9.02. The molecule has 0 radical (unpaired) electrons. The summed E-state index contributed by atoms with van der Waals surface area (Å²) >= 11 is 0. The van der Waals surface area contributed by atoms with Crippen LogP contribution in [0.5, 0.6) is 0 Å². The van der Waals surface area contributed by atoms with Crippen LogP contribution in [0, 0.1) is 13.8 Å². The van der Waals surface area contributed by atoms with Gasteiger partial charge in [0.05, 0.1) is 13.0 Å². The Morgan fingerprint density at radius 2 is 1.72 bits per heavy atom. The number of aryl methyl sites for hydroxylation is 2. The van der Waals surface area contributed by atoms with Crippen LogP contribution in [0.4, 0.5) is 0 Å². The SMILES string of the molecule is CCOC(=O)CCN(Cc1ccccc1)C(=O)c1ccc(C)c(C)c1. The maximum absolute atomic E-state index is 13.0. The van der Waals surface area contributed by atoms with Gasteiger partial charge in [0.25, 0.3) is 5.91 Å². The Labute approximate surface area is 149 Å². The van der Waals surface area contributed by atoms with Crippen molar-refractivity contribution in [2.24, 2.45) is 0 Å². The average molecular weight is 339 g/mol. The van der Waals surface area contributed by atoms with E-state index in [0.29, 0.717) is 25.3 Å². The van der Waals surface area contributed by atoms with Gasteiger partial charge in [0.2, 0.25) is 0 Å². The monoisotopic (exact) mass is 339 g/mol. The van der Waals surface area contributed by atoms with Gasteiger partial charge in [0, 0.05) is 18.7 Å². The first kappa shape index (κ1) is 18.7. The van der Waals surface area contributed by atoms with Crippen molar-refractivity contribution >= 4 is 11.9 Å². The van der Waals surface area contributed by atoms with Crippen molar-refractivity contribution in [2.75, 3.05) is 13.2 Å². The van der Waals surface area contributed by atoms with Gasteiger partial charge in [-0.25, -0.2) is 0 Å². The number of nitrogens with zero attached hydrogens (tertiary/aromatic N) is 1. The van der Waals surface area contributed by atoms with Crippen LogP contribution in [0.2, 0.25) is 0 Å². The molecule has 0 aromatic heterocycles. The standard InChI is InChI=1S/C21H25NO3/c1-4-25-20(23)12-13-22(15-18-8-6-5-7-9-18)21(24)19-11-10-16(2)17(3)14-19/h5-11,14H,4,12-13,15H2,1-3H3. The van der Waals surface area contributed by atoms with Gasteiger partial charge >= 0.3 is 5.97 Å². The number of rotatable bonds is 7. The Hall–Kier alpha value is -2.62.